The number of hydrogen-bond donors (Lipinski definition) is 1. The van der Waals surface area contributed by atoms with E-state index in [1.165, 1.54) is 6.92 Å². The monoisotopic (exact) mass is 377 g/mol. The summed E-state index contributed by atoms with van der Waals surface area (Å²) >= 11 is 5.68. The molecule has 2 heterocycles. The summed E-state index contributed by atoms with van der Waals surface area (Å²) in [6.45, 7) is 5.10. The van der Waals surface area contributed by atoms with Gasteiger partial charge in [0.05, 0.1) is 29.0 Å². The molecule has 2 aromatic heterocycles. The van der Waals surface area contributed by atoms with Crippen LogP contribution in [0, 0.1) is 13.8 Å². The second-order valence-electron chi connectivity index (χ2n) is 5.85. The van der Waals surface area contributed by atoms with Gasteiger partial charge in [0, 0.05) is 25.2 Å². The van der Waals surface area contributed by atoms with Crippen molar-refractivity contribution in [1.29, 1.82) is 0 Å². The molecule has 0 fully saturated rings. The van der Waals surface area contributed by atoms with E-state index in [-0.39, 0.29) is 30.6 Å². The van der Waals surface area contributed by atoms with Crippen molar-refractivity contribution in [2.45, 2.75) is 46.0 Å². The van der Waals surface area contributed by atoms with Crippen LogP contribution in [-0.4, -0.2) is 25.5 Å². The Hall–Kier alpha value is -2.03. The van der Waals surface area contributed by atoms with Gasteiger partial charge in [0.2, 0.25) is 5.91 Å². The zero-order chi connectivity index (χ0) is 18.9. The van der Waals surface area contributed by atoms with Crippen LogP contribution in [0.5, 0.6) is 0 Å². The lowest BCUT2D eigenvalue weighted by atomic mass is 10.1. The van der Waals surface area contributed by atoms with Gasteiger partial charge in [-0.1, -0.05) is 11.6 Å². The number of carbonyl (C=O) groups excluding carboxylic acids is 1. The van der Waals surface area contributed by atoms with Gasteiger partial charge in [-0.2, -0.15) is 23.4 Å². The van der Waals surface area contributed by atoms with E-state index < -0.39 is 16.9 Å². The molecular formula is C15H19ClF3N5O. The molecule has 1 N–H and O–H groups in total. The predicted molar refractivity (Wildman–Crippen MR) is 86.1 cm³/mol. The summed E-state index contributed by atoms with van der Waals surface area (Å²) in [7, 11) is 1.79. The van der Waals surface area contributed by atoms with Crippen molar-refractivity contribution < 1.29 is 18.0 Å². The van der Waals surface area contributed by atoms with Crippen molar-refractivity contribution in [2.75, 3.05) is 0 Å². The average Bonchev–Trinajstić information content (AvgIpc) is 2.97. The zero-order valence-corrected chi connectivity index (χ0v) is 15.0. The molecule has 0 radical (unpaired) electrons. The van der Waals surface area contributed by atoms with E-state index >= 15 is 0 Å². The first kappa shape index (κ1) is 19.3. The molecule has 1 amide bonds. The molecule has 0 saturated heterocycles. The highest BCUT2D eigenvalue weighted by molar-refractivity contribution is 6.31. The van der Waals surface area contributed by atoms with Crippen molar-refractivity contribution >= 4 is 17.5 Å². The minimum atomic E-state index is -4.62. The molecule has 1 unspecified atom stereocenters. The summed E-state index contributed by atoms with van der Waals surface area (Å²) in [4.78, 5) is 12.1. The third-order valence-corrected chi connectivity index (χ3v) is 4.30. The maximum Gasteiger partial charge on any atom is 0.436 e. The fourth-order valence-corrected chi connectivity index (χ4v) is 2.81. The number of nitrogens with zero attached hydrogens (tertiary/aromatic N) is 4. The van der Waals surface area contributed by atoms with Crippen molar-refractivity contribution in [3.8, 4) is 0 Å². The number of carbonyl (C=O) groups is 1. The summed E-state index contributed by atoms with van der Waals surface area (Å²) in [5, 5.41) is 10.0. The molecule has 0 aromatic carbocycles. The van der Waals surface area contributed by atoms with Crippen LogP contribution in [0.2, 0.25) is 5.02 Å². The first-order chi connectivity index (χ1) is 11.5. The maximum atomic E-state index is 12.8. The van der Waals surface area contributed by atoms with Crippen molar-refractivity contribution in [2.24, 2.45) is 7.05 Å². The Morgan fingerprint density at radius 1 is 1.36 bits per heavy atom. The van der Waals surface area contributed by atoms with Crippen molar-refractivity contribution in [3.05, 3.63) is 33.9 Å². The summed E-state index contributed by atoms with van der Waals surface area (Å²) in [5.41, 5.74) is 0.734. The third-order valence-electron chi connectivity index (χ3n) is 3.85. The molecule has 1 atom stereocenters. The number of amides is 1. The number of nitrogens with one attached hydrogen (secondary N) is 1. The van der Waals surface area contributed by atoms with E-state index in [0.717, 1.165) is 15.9 Å². The van der Waals surface area contributed by atoms with Crippen LogP contribution in [0.4, 0.5) is 13.2 Å². The van der Waals surface area contributed by atoms with E-state index in [9.17, 15) is 18.0 Å². The smallest absolute Gasteiger partial charge is 0.349 e. The van der Waals surface area contributed by atoms with E-state index in [1.54, 1.807) is 11.7 Å². The molecule has 138 valence electrons. The summed E-state index contributed by atoms with van der Waals surface area (Å²) < 4.78 is 41.1. The van der Waals surface area contributed by atoms with Crippen LogP contribution in [0.3, 0.4) is 0 Å². The molecule has 0 bridgehead atoms. The highest BCUT2D eigenvalue weighted by Gasteiger charge is 2.38. The molecule has 0 aliphatic heterocycles. The first-order valence-electron chi connectivity index (χ1n) is 7.60. The summed E-state index contributed by atoms with van der Waals surface area (Å²) in [6, 6.07) is -0.255. The molecule has 2 aromatic rings. The normalized spacial score (nSPS) is 13.1. The van der Waals surface area contributed by atoms with Crippen LogP contribution < -0.4 is 5.32 Å². The Kier molecular flexibility index (Phi) is 5.46. The maximum absolute atomic E-state index is 12.8. The predicted octanol–water partition coefficient (Wildman–Crippen LogP) is 3.17. The molecule has 6 nitrogen and oxygen atoms in total. The minimum absolute atomic E-state index is 0.00616. The van der Waals surface area contributed by atoms with Gasteiger partial charge in [0.15, 0.2) is 5.69 Å². The molecule has 0 aliphatic carbocycles. The van der Waals surface area contributed by atoms with Gasteiger partial charge in [-0.05, 0) is 20.8 Å². The fourth-order valence-electron chi connectivity index (χ4n) is 2.56. The van der Waals surface area contributed by atoms with Gasteiger partial charge in [0.25, 0.3) is 0 Å². The number of alkyl halides is 3. The topological polar surface area (TPSA) is 64.7 Å². The zero-order valence-electron chi connectivity index (χ0n) is 14.3. The SMILES string of the molecule is Cc1nn(C)cc1C(C)NC(=O)CCn1nc(C(F)(F)F)c(Cl)c1C. The fraction of sp³-hybridized carbons (Fsp3) is 0.533. The second-order valence-corrected chi connectivity index (χ2v) is 6.23. The van der Waals surface area contributed by atoms with Crippen molar-refractivity contribution in [1.82, 2.24) is 24.9 Å². The Morgan fingerprint density at radius 3 is 2.48 bits per heavy atom. The molecular weight excluding hydrogens is 359 g/mol. The number of aromatic nitrogens is 4. The highest BCUT2D eigenvalue weighted by atomic mass is 35.5. The first-order valence-corrected chi connectivity index (χ1v) is 7.98. The lowest BCUT2D eigenvalue weighted by molar-refractivity contribution is -0.141. The van der Waals surface area contributed by atoms with Crippen LogP contribution in [0.15, 0.2) is 6.20 Å². The largest absolute Gasteiger partial charge is 0.436 e. The van der Waals surface area contributed by atoms with Gasteiger partial charge >= 0.3 is 6.18 Å². The number of hydrogen-bond acceptors (Lipinski definition) is 3. The van der Waals surface area contributed by atoms with E-state index in [2.05, 4.69) is 15.5 Å². The quantitative estimate of drug-likeness (QED) is 0.870. The summed E-state index contributed by atoms with van der Waals surface area (Å²) in [6.07, 6.45) is -2.82. The second kappa shape index (κ2) is 7.07. The van der Waals surface area contributed by atoms with Crippen molar-refractivity contribution in [3.63, 3.8) is 0 Å². The van der Waals surface area contributed by atoms with Crippen LogP contribution in [-0.2, 0) is 24.6 Å². The van der Waals surface area contributed by atoms with Crippen LogP contribution in [0.25, 0.3) is 0 Å². The van der Waals surface area contributed by atoms with Gasteiger partial charge in [-0.3, -0.25) is 14.2 Å². The van der Waals surface area contributed by atoms with Gasteiger partial charge in [-0.15, -0.1) is 0 Å². The number of aryl methyl sites for hydroxylation is 3. The molecule has 0 aliphatic rings. The van der Waals surface area contributed by atoms with Gasteiger partial charge < -0.3 is 5.32 Å². The van der Waals surface area contributed by atoms with E-state index in [4.69, 9.17) is 11.6 Å². The Labute approximate surface area is 147 Å². The molecule has 25 heavy (non-hydrogen) atoms. The van der Waals surface area contributed by atoms with Gasteiger partial charge in [-0.25, -0.2) is 0 Å². The standard InChI is InChI=1S/C15H19ClF3N5O/c1-8(11-7-23(4)21-9(11)2)20-12(25)5-6-24-10(3)13(16)14(22-24)15(17,18)19/h7-8H,5-6H2,1-4H3,(H,20,25). The lowest BCUT2D eigenvalue weighted by Crippen LogP contribution is -2.28. The molecule has 0 saturated carbocycles. The van der Waals surface area contributed by atoms with Crippen LogP contribution >= 0.6 is 11.6 Å². The third kappa shape index (κ3) is 4.33. The highest BCUT2D eigenvalue weighted by Crippen LogP contribution is 2.35. The number of halogens is 4. The molecule has 2 rings (SSSR count). The lowest BCUT2D eigenvalue weighted by Gasteiger charge is -2.13. The minimum Gasteiger partial charge on any atom is -0.349 e. The van der Waals surface area contributed by atoms with Crippen LogP contribution in [0.1, 0.15) is 42.0 Å². The van der Waals surface area contributed by atoms with E-state index in [1.807, 2.05) is 20.0 Å². The Bertz CT molecular complexity index is 781. The molecule has 10 heteroatoms. The molecule has 0 spiro atoms. The van der Waals surface area contributed by atoms with Gasteiger partial charge in [0.1, 0.15) is 0 Å². The Balaban J connectivity index is 2.00. The Morgan fingerprint density at radius 2 is 2.00 bits per heavy atom. The average molecular weight is 378 g/mol. The summed E-state index contributed by atoms with van der Waals surface area (Å²) in [5.74, 6) is -0.296. The number of rotatable bonds is 5. The van der Waals surface area contributed by atoms with E-state index in [0.29, 0.717) is 0 Å².